The van der Waals surface area contributed by atoms with Crippen molar-refractivity contribution in [3.05, 3.63) is 52.3 Å². The minimum atomic E-state index is 0.172. The van der Waals surface area contributed by atoms with Crippen molar-refractivity contribution in [1.82, 2.24) is 15.1 Å². The Morgan fingerprint density at radius 2 is 2.18 bits per heavy atom. The molecule has 17 heavy (non-hydrogen) atoms. The van der Waals surface area contributed by atoms with Crippen molar-refractivity contribution < 1.29 is 0 Å². The van der Waals surface area contributed by atoms with Crippen molar-refractivity contribution in [2.24, 2.45) is 0 Å². The minimum absolute atomic E-state index is 0.172. The maximum Gasteiger partial charge on any atom is 0.0616 e. The normalized spacial score (nSPS) is 12.6. The van der Waals surface area contributed by atoms with Gasteiger partial charge in [0.25, 0.3) is 0 Å². The van der Waals surface area contributed by atoms with Crippen molar-refractivity contribution in [1.29, 1.82) is 0 Å². The molecule has 1 aromatic heterocycles. The smallest absolute Gasteiger partial charge is 0.0616 e. The van der Waals surface area contributed by atoms with Crippen LogP contribution in [0, 0.1) is 0 Å². The molecule has 0 aliphatic carbocycles. The Morgan fingerprint density at radius 3 is 2.76 bits per heavy atom. The molecule has 1 atom stereocenters. The highest BCUT2D eigenvalue weighted by Gasteiger charge is 2.15. The van der Waals surface area contributed by atoms with Gasteiger partial charge in [0.15, 0.2) is 0 Å². The Balaban J connectivity index is 2.36. The lowest BCUT2D eigenvalue weighted by atomic mass is 10.0. The molecule has 2 rings (SSSR count). The fraction of sp³-hybridized carbons (Fsp3) is 0.308. The van der Waals surface area contributed by atoms with Gasteiger partial charge in [-0.1, -0.05) is 34.1 Å². The first kappa shape index (κ1) is 12.3. The van der Waals surface area contributed by atoms with Crippen LogP contribution in [-0.2, 0) is 6.54 Å². The molecule has 1 unspecified atom stereocenters. The van der Waals surface area contributed by atoms with Gasteiger partial charge in [-0.25, -0.2) is 0 Å². The number of aryl methyl sites for hydroxylation is 1. The van der Waals surface area contributed by atoms with E-state index in [4.69, 9.17) is 0 Å². The summed E-state index contributed by atoms with van der Waals surface area (Å²) in [5, 5.41) is 7.65. The molecule has 1 heterocycles. The highest BCUT2D eigenvalue weighted by atomic mass is 79.9. The van der Waals surface area contributed by atoms with Crippen LogP contribution in [0.1, 0.15) is 24.1 Å². The van der Waals surface area contributed by atoms with Gasteiger partial charge < -0.3 is 5.32 Å². The predicted molar refractivity (Wildman–Crippen MR) is 72.9 cm³/mol. The summed E-state index contributed by atoms with van der Waals surface area (Å²) in [7, 11) is 1.97. The van der Waals surface area contributed by atoms with Crippen LogP contribution < -0.4 is 5.32 Å². The van der Waals surface area contributed by atoms with Crippen LogP contribution in [0.5, 0.6) is 0 Å². The maximum atomic E-state index is 4.32. The van der Waals surface area contributed by atoms with E-state index in [-0.39, 0.29) is 6.04 Å². The molecule has 0 fully saturated rings. The second-order valence-corrected chi connectivity index (χ2v) is 4.73. The molecule has 4 heteroatoms. The molecule has 0 saturated carbocycles. The third kappa shape index (κ3) is 2.58. The summed E-state index contributed by atoms with van der Waals surface area (Å²) in [5.41, 5.74) is 2.41. The van der Waals surface area contributed by atoms with E-state index in [0.717, 1.165) is 11.0 Å². The van der Waals surface area contributed by atoms with Gasteiger partial charge >= 0.3 is 0 Å². The van der Waals surface area contributed by atoms with Gasteiger partial charge in [-0.2, -0.15) is 5.10 Å². The average Bonchev–Trinajstić information content (AvgIpc) is 2.81. The van der Waals surface area contributed by atoms with Crippen LogP contribution in [0.4, 0.5) is 0 Å². The van der Waals surface area contributed by atoms with Crippen molar-refractivity contribution in [3.63, 3.8) is 0 Å². The largest absolute Gasteiger partial charge is 0.309 e. The molecular formula is C13H16BrN3. The second kappa shape index (κ2) is 5.47. The van der Waals surface area contributed by atoms with Crippen LogP contribution in [0.3, 0.4) is 0 Å². The van der Waals surface area contributed by atoms with E-state index in [0.29, 0.717) is 0 Å². The molecular weight excluding hydrogens is 278 g/mol. The van der Waals surface area contributed by atoms with E-state index in [1.165, 1.54) is 11.1 Å². The molecule has 1 N–H and O–H groups in total. The third-order valence-electron chi connectivity index (χ3n) is 2.82. The molecule has 0 bridgehead atoms. The Bertz CT molecular complexity index is 493. The fourth-order valence-electron chi connectivity index (χ4n) is 1.91. The molecule has 0 spiro atoms. The summed E-state index contributed by atoms with van der Waals surface area (Å²) in [5.74, 6) is 0. The van der Waals surface area contributed by atoms with E-state index in [2.05, 4.69) is 57.7 Å². The standard InChI is InChI=1S/C13H16BrN3/c1-3-17-9-10(8-16-17)13(15-2)11-6-4-5-7-12(11)14/h4-9,13,15H,3H2,1-2H3. The summed E-state index contributed by atoms with van der Waals surface area (Å²) in [4.78, 5) is 0. The second-order valence-electron chi connectivity index (χ2n) is 3.87. The van der Waals surface area contributed by atoms with Crippen molar-refractivity contribution in [2.75, 3.05) is 7.05 Å². The zero-order chi connectivity index (χ0) is 12.3. The first-order valence-electron chi connectivity index (χ1n) is 5.70. The number of hydrogen-bond acceptors (Lipinski definition) is 2. The summed E-state index contributed by atoms with van der Waals surface area (Å²) in [6.45, 7) is 2.98. The Morgan fingerprint density at radius 1 is 1.41 bits per heavy atom. The van der Waals surface area contributed by atoms with Gasteiger partial charge in [0.2, 0.25) is 0 Å². The fourth-order valence-corrected chi connectivity index (χ4v) is 2.43. The van der Waals surface area contributed by atoms with Gasteiger partial charge in [-0.05, 0) is 25.6 Å². The molecule has 0 aliphatic heterocycles. The summed E-state index contributed by atoms with van der Waals surface area (Å²) in [6, 6.07) is 8.42. The van der Waals surface area contributed by atoms with Gasteiger partial charge in [0.1, 0.15) is 0 Å². The lowest BCUT2D eigenvalue weighted by molar-refractivity contribution is 0.653. The first-order chi connectivity index (χ1) is 8.26. The van der Waals surface area contributed by atoms with E-state index in [1.807, 2.05) is 24.0 Å². The molecule has 0 saturated heterocycles. The monoisotopic (exact) mass is 293 g/mol. The Kier molecular flexibility index (Phi) is 3.97. The van der Waals surface area contributed by atoms with Crippen LogP contribution >= 0.6 is 15.9 Å². The molecule has 0 radical (unpaired) electrons. The lowest BCUT2D eigenvalue weighted by Gasteiger charge is -2.16. The van der Waals surface area contributed by atoms with Crippen molar-refractivity contribution >= 4 is 15.9 Å². The predicted octanol–water partition coefficient (Wildman–Crippen LogP) is 2.97. The highest BCUT2D eigenvalue weighted by Crippen LogP contribution is 2.27. The van der Waals surface area contributed by atoms with Gasteiger partial charge in [0.05, 0.1) is 12.2 Å². The number of nitrogens with one attached hydrogen (secondary N) is 1. The molecule has 90 valence electrons. The highest BCUT2D eigenvalue weighted by molar-refractivity contribution is 9.10. The van der Waals surface area contributed by atoms with Crippen LogP contribution in [0.25, 0.3) is 0 Å². The first-order valence-corrected chi connectivity index (χ1v) is 6.49. The topological polar surface area (TPSA) is 29.9 Å². The quantitative estimate of drug-likeness (QED) is 0.939. The average molecular weight is 294 g/mol. The number of halogens is 1. The molecule has 0 aliphatic rings. The zero-order valence-corrected chi connectivity index (χ0v) is 11.6. The number of hydrogen-bond donors (Lipinski definition) is 1. The number of rotatable bonds is 4. The minimum Gasteiger partial charge on any atom is -0.309 e. The number of benzene rings is 1. The molecule has 0 amide bonds. The third-order valence-corrected chi connectivity index (χ3v) is 3.54. The van der Waals surface area contributed by atoms with Crippen LogP contribution in [0.15, 0.2) is 41.1 Å². The number of aromatic nitrogens is 2. The van der Waals surface area contributed by atoms with Gasteiger partial charge in [0, 0.05) is 22.8 Å². The van der Waals surface area contributed by atoms with Crippen molar-refractivity contribution in [2.45, 2.75) is 19.5 Å². The van der Waals surface area contributed by atoms with Crippen LogP contribution in [-0.4, -0.2) is 16.8 Å². The zero-order valence-electron chi connectivity index (χ0n) is 10.0. The Hall–Kier alpha value is -1.13. The number of nitrogens with zero attached hydrogens (tertiary/aromatic N) is 2. The maximum absolute atomic E-state index is 4.32. The SMILES string of the molecule is CCn1cc(C(NC)c2ccccc2Br)cn1. The molecule has 2 aromatic rings. The molecule has 3 nitrogen and oxygen atoms in total. The van der Waals surface area contributed by atoms with E-state index in [9.17, 15) is 0 Å². The Labute approximate surface area is 110 Å². The summed E-state index contributed by atoms with van der Waals surface area (Å²) in [6.07, 6.45) is 4.00. The molecule has 1 aromatic carbocycles. The van der Waals surface area contributed by atoms with E-state index < -0.39 is 0 Å². The van der Waals surface area contributed by atoms with Gasteiger partial charge in [-0.15, -0.1) is 0 Å². The van der Waals surface area contributed by atoms with Crippen LogP contribution in [0.2, 0.25) is 0 Å². The van der Waals surface area contributed by atoms with E-state index in [1.54, 1.807) is 0 Å². The lowest BCUT2D eigenvalue weighted by Crippen LogP contribution is -2.17. The summed E-state index contributed by atoms with van der Waals surface area (Å²) >= 11 is 3.59. The van der Waals surface area contributed by atoms with Gasteiger partial charge in [-0.3, -0.25) is 4.68 Å². The van der Waals surface area contributed by atoms with Crippen molar-refractivity contribution in [3.8, 4) is 0 Å². The summed E-state index contributed by atoms with van der Waals surface area (Å²) < 4.78 is 3.06. The van der Waals surface area contributed by atoms with E-state index >= 15 is 0 Å².